The molecule has 2 heteroatoms. The highest BCUT2D eigenvalue weighted by atomic mass is 16.3. The van der Waals surface area contributed by atoms with Crippen molar-refractivity contribution in [3.63, 3.8) is 0 Å². The highest BCUT2D eigenvalue weighted by Crippen LogP contribution is 2.38. The number of hydrogen-bond donors (Lipinski definition) is 2. The lowest BCUT2D eigenvalue weighted by atomic mass is 9.77. The van der Waals surface area contributed by atoms with E-state index in [0.29, 0.717) is 24.3 Å². The van der Waals surface area contributed by atoms with Crippen molar-refractivity contribution in [2.75, 3.05) is 0 Å². The molecule has 142 valence electrons. The summed E-state index contributed by atoms with van der Waals surface area (Å²) in [6.07, 6.45) is 1.42. The van der Waals surface area contributed by atoms with Gasteiger partial charge in [-0.3, -0.25) is 0 Å². The van der Waals surface area contributed by atoms with E-state index >= 15 is 0 Å². The van der Waals surface area contributed by atoms with Gasteiger partial charge in [-0.1, -0.05) is 53.7 Å². The van der Waals surface area contributed by atoms with Crippen LogP contribution in [0, 0.1) is 13.8 Å². The van der Waals surface area contributed by atoms with Gasteiger partial charge >= 0.3 is 0 Å². The summed E-state index contributed by atoms with van der Waals surface area (Å²) in [5.74, 6) is 0.704. The summed E-state index contributed by atoms with van der Waals surface area (Å²) in [7, 11) is 0. The van der Waals surface area contributed by atoms with E-state index in [1.807, 2.05) is 12.1 Å². The zero-order chi connectivity index (χ0) is 19.9. The van der Waals surface area contributed by atoms with Crippen LogP contribution in [-0.4, -0.2) is 10.2 Å². The molecule has 0 spiro atoms. The molecule has 0 heterocycles. The molecule has 2 aromatic rings. The van der Waals surface area contributed by atoms with Crippen molar-refractivity contribution < 1.29 is 10.2 Å². The number of hydrogen-bond acceptors (Lipinski definition) is 2. The van der Waals surface area contributed by atoms with Crippen molar-refractivity contribution in [1.29, 1.82) is 0 Å². The fourth-order valence-corrected chi connectivity index (χ4v) is 4.35. The molecular weight excluding hydrogens is 320 g/mol. The first-order valence-electron chi connectivity index (χ1n) is 9.48. The van der Waals surface area contributed by atoms with Crippen molar-refractivity contribution in [2.45, 2.75) is 79.1 Å². The standard InChI is InChI=1S/C24H34O2/c1-15-9-13-19(25)17(21(15)23(3,4)5)11-12-18-20(26)14-10-16(2)22(18)24(6,7)8/h9-10,13-14,25-26H,11-12H2,1-8H3. The molecule has 0 bridgehead atoms. The number of aryl methyl sites for hydroxylation is 2. The first kappa shape index (κ1) is 20.4. The van der Waals surface area contributed by atoms with Crippen LogP contribution in [0.4, 0.5) is 0 Å². The van der Waals surface area contributed by atoms with Crippen LogP contribution in [-0.2, 0) is 23.7 Å². The van der Waals surface area contributed by atoms with E-state index in [1.165, 1.54) is 22.3 Å². The Bertz CT molecular complexity index is 733. The summed E-state index contributed by atoms with van der Waals surface area (Å²) in [4.78, 5) is 0. The van der Waals surface area contributed by atoms with Gasteiger partial charge in [0, 0.05) is 0 Å². The van der Waals surface area contributed by atoms with Crippen LogP contribution in [0.5, 0.6) is 11.5 Å². The minimum absolute atomic E-state index is 0.0420. The maximum atomic E-state index is 10.5. The monoisotopic (exact) mass is 354 g/mol. The van der Waals surface area contributed by atoms with E-state index in [2.05, 4.69) is 55.4 Å². The lowest BCUT2D eigenvalue weighted by Crippen LogP contribution is -2.19. The van der Waals surface area contributed by atoms with Crippen LogP contribution in [0.15, 0.2) is 24.3 Å². The Morgan fingerprint density at radius 1 is 0.615 bits per heavy atom. The highest BCUT2D eigenvalue weighted by molar-refractivity contribution is 5.51. The molecule has 0 saturated carbocycles. The number of phenols is 2. The molecule has 2 nitrogen and oxygen atoms in total. The summed E-state index contributed by atoms with van der Waals surface area (Å²) >= 11 is 0. The molecule has 0 aromatic heterocycles. The number of phenolic OH excluding ortho intramolecular Hbond substituents is 2. The number of rotatable bonds is 3. The van der Waals surface area contributed by atoms with Crippen molar-refractivity contribution in [2.24, 2.45) is 0 Å². The van der Waals surface area contributed by atoms with Gasteiger partial charge in [-0.2, -0.15) is 0 Å². The highest BCUT2D eigenvalue weighted by Gasteiger charge is 2.25. The first-order valence-corrected chi connectivity index (χ1v) is 9.48. The molecule has 2 N–H and O–H groups in total. The van der Waals surface area contributed by atoms with Crippen molar-refractivity contribution in [3.05, 3.63) is 57.6 Å². The Balaban J connectivity index is 2.52. The fourth-order valence-electron chi connectivity index (χ4n) is 4.35. The van der Waals surface area contributed by atoms with Gasteiger partial charge in [0.1, 0.15) is 11.5 Å². The van der Waals surface area contributed by atoms with E-state index in [4.69, 9.17) is 0 Å². The van der Waals surface area contributed by atoms with Gasteiger partial charge in [-0.15, -0.1) is 0 Å². The van der Waals surface area contributed by atoms with Gasteiger partial charge in [-0.05, 0) is 83.0 Å². The summed E-state index contributed by atoms with van der Waals surface area (Å²) in [6.45, 7) is 17.3. The lowest BCUT2D eigenvalue weighted by molar-refractivity contribution is 0.454. The lowest BCUT2D eigenvalue weighted by Gasteiger charge is -2.28. The van der Waals surface area contributed by atoms with E-state index < -0.39 is 0 Å². The summed E-state index contributed by atoms with van der Waals surface area (Å²) in [6, 6.07) is 7.57. The molecule has 0 atom stereocenters. The van der Waals surface area contributed by atoms with E-state index in [1.54, 1.807) is 12.1 Å². The van der Waals surface area contributed by atoms with Crippen LogP contribution in [0.25, 0.3) is 0 Å². The Morgan fingerprint density at radius 3 is 1.19 bits per heavy atom. The topological polar surface area (TPSA) is 40.5 Å². The Kier molecular flexibility index (Phi) is 5.46. The van der Waals surface area contributed by atoms with E-state index in [-0.39, 0.29) is 10.8 Å². The zero-order valence-corrected chi connectivity index (χ0v) is 17.6. The molecule has 2 aromatic carbocycles. The molecule has 0 aliphatic rings. The van der Waals surface area contributed by atoms with Crippen LogP contribution >= 0.6 is 0 Å². The molecule has 0 amide bonds. The predicted molar refractivity (Wildman–Crippen MR) is 110 cm³/mol. The Morgan fingerprint density at radius 2 is 0.923 bits per heavy atom. The molecular formula is C24H34O2. The predicted octanol–water partition coefficient (Wildman–Crippen LogP) is 6.09. The molecule has 0 saturated heterocycles. The van der Waals surface area contributed by atoms with Gasteiger partial charge in [0.15, 0.2) is 0 Å². The Hall–Kier alpha value is -1.96. The van der Waals surface area contributed by atoms with E-state index in [0.717, 1.165) is 11.1 Å². The molecule has 0 fully saturated rings. The third kappa shape index (κ3) is 4.06. The van der Waals surface area contributed by atoms with E-state index in [9.17, 15) is 10.2 Å². The van der Waals surface area contributed by atoms with Gasteiger partial charge in [0.05, 0.1) is 0 Å². The molecule has 0 aliphatic carbocycles. The second kappa shape index (κ2) is 6.98. The maximum absolute atomic E-state index is 10.5. The fraction of sp³-hybridized carbons (Fsp3) is 0.500. The molecule has 2 rings (SSSR count). The minimum atomic E-state index is -0.0420. The zero-order valence-electron chi connectivity index (χ0n) is 17.6. The minimum Gasteiger partial charge on any atom is -0.508 e. The van der Waals surface area contributed by atoms with Crippen molar-refractivity contribution >= 4 is 0 Å². The van der Waals surface area contributed by atoms with Crippen molar-refractivity contribution in [1.82, 2.24) is 0 Å². The quantitative estimate of drug-likeness (QED) is 0.699. The van der Waals surface area contributed by atoms with Gasteiger partial charge in [0.25, 0.3) is 0 Å². The van der Waals surface area contributed by atoms with Crippen molar-refractivity contribution in [3.8, 4) is 11.5 Å². The second-order valence-electron chi connectivity index (χ2n) is 9.51. The first-order chi connectivity index (χ1) is 11.8. The molecule has 0 aliphatic heterocycles. The molecule has 0 radical (unpaired) electrons. The Labute approximate surface area is 158 Å². The number of benzene rings is 2. The third-order valence-electron chi connectivity index (χ3n) is 5.12. The van der Waals surface area contributed by atoms with Crippen LogP contribution < -0.4 is 0 Å². The smallest absolute Gasteiger partial charge is 0.119 e. The largest absolute Gasteiger partial charge is 0.508 e. The summed E-state index contributed by atoms with van der Waals surface area (Å²) in [5, 5.41) is 21.1. The maximum Gasteiger partial charge on any atom is 0.119 e. The van der Waals surface area contributed by atoms with Crippen LogP contribution in [0.3, 0.4) is 0 Å². The normalized spacial score (nSPS) is 12.5. The average molecular weight is 355 g/mol. The molecule has 26 heavy (non-hydrogen) atoms. The summed E-state index contributed by atoms with van der Waals surface area (Å²) < 4.78 is 0. The van der Waals surface area contributed by atoms with Gasteiger partial charge in [0.2, 0.25) is 0 Å². The van der Waals surface area contributed by atoms with Crippen LogP contribution in [0.1, 0.15) is 74.9 Å². The van der Waals surface area contributed by atoms with Gasteiger partial charge in [-0.25, -0.2) is 0 Å². The molecule has 0 unspecified atom stereocenters. The number of aromatic hydroxyl groups is 2. The second-order valence-corrected chi connectivity index (χ2v) is 9.51. The third-order valence-corrected chi connectivity index (χ3v) is 5.12. The summed E-state index contributed by atoms with van der Waals surface area (Å²) in [5.41, 5.74) is 6.74. The SMILES string of the molecule is Cc1ccc(O)c(CCc2c(O)ccc(C)c2C(C)(C)C)c1C(C)(C)C. The van der Waals surface area contributed by atoms with Gasteiger partial charge < -0.3 is 10.2 Å². The van der Waals surface area contributed by atoms with Crippen LogP contribution in [0.2, 0.25) is 0 Å². The average Bonchev–Trinajstić information content (AvgIpc) is 2.48.